The molecule has 28 heavy (non-hydrogen) atoms. The third kappa shape index (κ3) is 3.72. The van der Waals surface area contributed by atoms with Crippen molar-refractivity contribution in [3.05, 3.63) is 47.3 Å². The molecule has 2 heterocycles. The molecule has 1 aliphatic carbocycles. The van der Waals surface area contributed by atoms with E-state index >= 15 is 0 Å². The average Bonchev–Trinajstić information content (AvgIpc) is 3.21. The lowest BCUT2D eigenvalue weighted by molar-refractivity contribution is -0.144. The molecular formula is C23H28N2O2S. The van der Waals surface area contributed by atoms with Crippen molar-refractivity contribution in [1.29, 1.82) is 0 Å². The molecule has 0 bridgehead atoms. The van der Waals surface area contributed by atoms with E-state index in [4.69, 9.17) is 0 Å². The third-order valence-electron chi connectivity index (χ3n) is 6.47. The lowest BCUT2D eigenvalue weighted by Gasteiger charge is -2.42. The van der Waals surface area contributed by atoms with Crippen LogP contribution in [0.5, 0.6) is 0 Å². The second-order valence-corrected chi connectivity index (χ2v) is 9.11. The highest BCUT2D eigenvalue weighted by Crippen LogP contribution is 2.38. The summed E-state index contributed by atoms with van der Waals surface area (Å²) in [6.45, 7) is 1.38. The Morgan fingerprint density at radius 1 is 1.18 bits per heavy atom. The Morgan fingerprint density at radius 3 is 2.57 bits per heavy atom. The Bertz CT molecular complexity index is 834. The molecule has 2 fully saturated rings. The molecule has 4 rings (SSSR count). The Hall–Kier alpha value is -2.14. The van der Waals surface area contributed by atoms with Gasteiger partial charge in [0.25, 0.3) is 0 Å². The minimum Gasteiger partial charge on any atom is -0.359 e. The van der Waals surface area contributed by atoms with Crippen molar-refractivity contribution >= 4 is 23.2 Å². The van der Waals surface area contributed by atoms with E-state index in [1.807, 2.05) is 4.90 Å². The van der Waals surface area contributed by atoms with Crippen molar-refractivity contribution in [2.45, 2.75) is 38.5 Å². The first kappa shape index (κ1) is 19.2. The molecule has 0 unspecified atom stereocenters. The molecule has 2 amide bonds. The first-order valence-corrected chi connectivity index (χ1v) is 11.1. The minimum absolute atomic E-state index is 0.102. The van der Waals surface area contributed by atoms with E-state index in [-0.39, 0.29) is 11.8 Å². The smallest absolute Gasteiger partial charge is 0.226 e. The van der Waals surface area contributed by atoms with Gasteiger partial charge in [-0.15, -0.1) is 11.3 Å². The molecular weight excluding hydrogens is 368 g/mol. The van der Waals surface area contributed by atoms with E-state index < -0.39 is 5.41 Å². The Balaban J connectivity index is 1.50. The fraction of sp³-hybridized carbons (Fsp3) is 0.478. The summed E-state index contributed by atoms with van der Waals surface area (Å²) in [7, 11) is 1.72. The van der Waals surface area contributed by atoms with Gasteiger partial charge >= 0.3 is 0 Å². The average molecular weight is 397 g/mol. The van der Waals surface area contributed by atoms with Gasteiger partial charge in [-0.05, 0) is 54.7 Å². The van der Waals surface area contributed by atoms with Crippen molar-refractivity contribution in [1.82, 2.24) is 10.2 Å². The lowest BCUT2D eigenvalue weighted by Crippen LogP contribution is -2.52. The normalized spacial score (nSPS) is 19.1. The SMILES string of the molecule is CNC(=O)C1(Cc2cccc(-c3cccs3)c2)CCN(C(=O)C2CCC2)CC1. The number of amides is 2. The highest BCUT2D eigenvalue weighted by atomic mass is 32.1. The van der Waals surface area contributed by atoms with Crippen molar-refractivity contribution in [2.24, 2.45) is 11.3 Å². The van der Waals surface area contributed by atoms with Crippen LogP contribution in [-0.4, -0.2) is 36.9 Å². The van der Waals surface area contributed by atoms with Gasteiger partial charge < -0.3 is 10.2 Å². The molecule has 1 saturated carbocycles. The van der Waals surface area contributed by atoms with Gasteiger partial charge in [0.15, 0.2) is 0 Å². The van der Waals surface area contributed by atoms with Gasteiger partial charge in [0.2, 0.25) is 11.8 Å². The topological polar surface area (TPSA) is 49.4 Å². The molecule has 1 N–H and O–H groups in total. The van der Waals surface area contributed by atoms with Crippen LogP contribution < -0.4 is 5.32 Å². The number of benzene rings is 1. The number of likely N-dealkylation sites (tertiary alicyclic amines) is 1. The maximum absolute atomic E-state index is 12.9. The number of rotatable bonds is 5. The molecule has 5 heteroatoms. The molecule has 0 atom stereocenters. The predicted octanol–water partition coefficient (Wildman–Crippen LogP) is 4.11. The van der Waals surface area contributed by atoms with Crippen LogP contribution in [0.3, 0.4) is 0 Å². The summed E-state index contributed by atoms with van der Waals surface area (Å²) in [5.74, 6) is 0.635. The van der Waals surface area contributed by atoms with E-state index in [0.717, 1.165) is 32.1 Å². The second kappa shape index (κ2) is 8.08. The first-order chi connectivity index (χ1) is 13.6. The number of piperidine rings is 1. The van der Waals surface area contributed by atoms with Crippen LogP contribution in [-0.2, 0) is 16.0 Å². The van der Waals surface area contributed by atoms with Gasteiger partial charge in [-0.2, -0.15) is 0 Å². The van der Waals surface area contributed by atoms with Gasteiger partial charge in [0, 0.05) is 30.9 Å². The van der Waals surface area contributed by atoms with Crippen LogP contribution in [0.15, 0.2) is 41.8 Å². The van der Waals surface area contributed by atoms with E-state index in [1.54, 1.807) is 18.4 Å². The minimum atomic E-state index is -0.431. The summed E-state index contributed by atoms with van der Waals surface area (Å²) in [5, 5.41) is 4.97. The summed E-state index contributed by atoms with van der Waals surface area (Å²) in [6.07, 6.45) is 5.42. The van der Waals surface area contributed by atoms with Gasteiger partial charge in [-0.3, -0.25) is 9.59 Å². The fourth-order valence-electron chi connectivity index (χ4n) is 4.49. The Kier molecular flexibility index (Phi) is 5.54. The zero-order valence-electron chi connectivity index (χ0n) is 16.4. The highest BCUT2D eigenvalue weighted by molar-refractivity contribution is 7.13. The lowest BCUT2D eigenvalue weighted by atomic mass is 9.72. The van der Waals surface area contributed by atoms with Crippen LogP contribution in [0, 0.1) is 11.3 Å². The zero-order chi connectivity index (χ0) is 19.6. The van der Waals surface area contributed by atoms with E-state index in [2.05, 4.69) is 47.1 Å². The number of nitrogens with one attached hydrogen (secondary N) is 1. The summed E-state index contributed by atoms with van der Waals surface area (Å²) in [5.41, 5.74) is 1.96. The Labute approximate surface area is 170 Å². The molecule has 1 saturated heterocycles. The number of carbonyl (C=O) groups excluding carboxylic acids is 2. The van der Waals surface area contributed by atoms with Crippen LogP contribution in [0.25, 0.3) is 10.4 Å². The van der Waals surface area contributed by atoms with Gasteiger partial charge in [0.1, 0.15) is 0 Å². The molecule has 2 aromatic rings. The van der Waals surface area contributed by atoms with Crippen LogP contribution in [0.2, 0.25) is 0 Å². The Morgan fingerprint density at radius 2 is 1.96 bits per heavy atom. The van der Waals surface area contributed by atoms with Crippen molar-refractivity contribution in [3.8, 4) is 10.4 Å². The van der Waals surface area contributed by atoms with Gasteiger partial charge in [-0.25, -0.2) is 0 Å². The maximum atomic E-state index is 12.9. The van der Waals surface area contributed by atoms with E-state index in [9.17, 15) is 9.59 Å². The standard InChI is InChI=1S/C23H28N2O2S/c1-24-22(27)23(10-12-25(13-11-23)21(26)18-6-3-7-18)16-17-5-2-8-19(15-17)20-9-4-14-28-20/h2,4-5,8-9,14-15,18H,3,6-7,10-13,16H2,1H3,(H,24,27). The number of hydrogen-bond donors (Lipinski definition) is 1. The monoisotopic (exact) mass is 396 g/mol. The third-order valence-corrected chi connectivity index (χ3v) is 7.39. The molecule has 4 nitrogen and oxygen atoms in total. The summed E-state index contributed by atoms with van der Waals surface area (Å²) in [6, 6.07) is 12.7. The summed E-state index contributed by atoms with van der Waals surface area (Å²) < 4.78 is 0. The van der Waals surface area contributed by atoms with Crippen LogP contribution in [0.1, 0.15) is 37.7 Å². The number of carbonyl (C=O) groups is 2. The molecule has 2 aliphatic rings. The highest BCUT2D eigenvalue weighted by Gasteiger charge is 2.43. The van der Waals surface area contributed by atoms with Crippen molar-refractivity contribution in [3.63, 3.8) is 0 Å². The molecule has 148 valence electrons. The molecule has 0 radical (unpaired) electrons. The quantitative estimate of drug-likeness (QED) is 0.827. The molecule has 1 aliphatic heterocycles. The molecule has 0 spiro atoms. The maximum Gasteiger partial charge on any atom is 0.226 e. The second-order valence-electron chi connectivity index (χ2n) is 8.17. The summed E-state index contributed by atoms with van der Waals surface area (Å²) >= 11 is 1.73. The number of nitrogens with zero attached hydrogens (tertiary/aromatic N) is 1. The van der Waals surface area contributed by atoms with E-state index in [1.165, 1.54) is 22.4 Å². The largest absolute Gasteiger partial charge is 0.359 e. The van der Waals surface area contributed by atoms with Crippen molar-refractivity contribution in [2.75, 3.05) is 20.1 Å². The van der Waals surface area contributed by atoms with Crippen LogP contribution in [0.4, 0.5) is 0 Å². The predicted molar refractivity (Wildman–Crippen MR) is 113 cm³/mol. The number of hydrogen-bond acceptors (Lipinski definition) is 3. The van der Waals surface area contributed by atoms with Crippen molar-refractivity contribution < 1.29 is 9.59 Å². The van der Waals surface area contributed by atoms with Crippen LogP contribution >= 0.6 is 11.3 Å². The zero-order valence-corrected chi connectivity index (χ0v) is 17.3. The molecule has 1 aromatic carbocycles. The first-order valence-electron chi connectivity index (χ1n) is 10.3. The fourth-order valence-corrected chi connectivity index (χ4v) is 5.21. The van der Waals surface area contributed by atoms with Gasteiger partial charge in [0.05, 0.1) is 5.41 Å². The molecule has 1 aromatic heterocycles. The number of thiophene rings is 1. The van der Waals surface area contributed by atoms with Gasteiger partial charge in [-0.1, -0.05) is 36.8 Å². The van der Waals surface area contributed by atoms with E-state index in [0.29, 0.717) is 19.0 Å². The summed E-state index contributed by atoms with van der Waals surface area (Å²) in [4.78, 5) is 28.7.